The zero-order chi connectivity index (χ0) is 29.9. The van der Waals surface area contributed by atoms with E-state index in [1.165, 1.54) is 4.90 Å². The molecule has 2 aliphatic heterocycles. The molecule has 0 saturated carbocycles. The van der Waals surface area contributed by atoms with E-state index >= 15 is 0 Å². The molecular formula is C30H41BN4O7. The molecule has 3 atom stereocenters. The van der Waals surface area contributed by atoms with Crippen molar-refractivity contribution in [2.24, 2.45) is 0 Å². The van der Waals surface area contributed by atoms with Crippen LogP contribution >= 0.6 is 0 Å². The average Bonchev–Trinajstić information content (AvgIpc) is 3.52. The molecule has 4 amide bonds. The summed E-state index contributed by atoms with van der Waals surface area (Å²) in [5.74, 6) is -2.24. The number of hydrogen-bond donors (Lipinski definition) is 4. The summed E-state index contributed by atoms with van der Waals surface area (Å²) in [5.41, 5.74) is 1.71. The fourth-order valence-corrected chi connectivity index (χ4v) is 5.68. The van der Waals surface area contributed by atoms with Gasteiger partial charge in [-0.05, 0) is 36.8 Å². The fraction of sp³-hybridized carbons (Fsp3) is 0.500. The molecule has 2 fully saturated rings. The molecule has 2 saturated heterocycles. The van der Waals surface area contributed by atoms with Crippen LogP contribution < -0.4 is 10.6 Å². The highest BCUT2D eigenvalue weighted by atomic mass is 16.5. The van der Waals surface area contributed by atoms with E-state index in [1.54, 1.807) is 12.0 Å². The number of likely N-dealkylation sites (tertiary alicyclic amines) is 1. The fourth-order valence-electron chi connectivity index (χ4n) is 5.68. The van der Waals surface area contributed by atoms with Gasteiger partial charge in [0.2, 0.25) is 11.8 Å². The smallest absolute Gasteiger partial charge is 0.426 e. The second-order valence-electron chi connectivity index (χ2n) is 10.7. The third-order valence-electron chi connectivity index (χ3n) is 7.88. The van der Waals surface area contributed by atoms with Gasteiger partial charge in [-0.15, -0.1) is 0 Å². The number of carbonyl (C=O) groups excluding carboxylic acids is 3. The van der Waals surface area contributed by atoms with Gasteiger partial charge in [-0.1, -0.05) is 60.7 Å². The third kappa shape index (κ3) is 8.10. The van der Waals surface area contributed by atoms with E-state index < -0.39 is 37.0 Å². The summed E-state index contributed by atoms with van der Waals surface area (Å²) in [6, 6.07) is 16.9. The Morgan fingerprint density at radius 2 is 1.60 bits per heavy atom. The Kier molecular flexibility index (Phi) is 11.8. The predicted molar refractivity (Wildman–Crippen MR) is 157 cm³/mol. The Hall–Kier alpha value is -3.45. The minimum Gasteiger partial charge on any atom is -0.426 e. The van der Waals surface area contributed by atoms with Gasteiger partial charge in [0.15, 0.2) is 0 Å². The summed E-state index contributed by atoms with van der Waals surface area (Å²) >= 11 is 0. The van der Waals surface area contributed by atoms with E-state index in [-0.39, 0.29) is 11.9 Å². The monoisotopic (exact) mass is 580 g/mol. The van der Waals surface area contributed by atoms with Crippen molar-refractivity contribution in [2.75, 3.05) is 46.6 Å². The Bertz CT molecular complexity index is 1110. The summed E-state index contributed by atoms with van der Waals surface area (Å²) in [6.07, 6.45) is 1.86. The summed E-state index contributed by atoms with van der Waals surface area (Å²) < 4.78 is 10.5. The zero-order valence-corrected chi connectivity index (χ0v) is 24.1. The summed E-state index contributed by atoms with van der Waals surface area (Å²) in [5, 5.41) is 25.5. The molecule has 42 heavy (non-hydrogen) atoms. The second kappa shape index (κ2) is 15.7. The van der Waals surface area contributed by atoms with Crippen molar-refractivity contribution in [3.05, 3.63) is 71.8 Å². The minimum absolute atomic E-state index is 0.306. The van der Waals surface area contributed by atoms with Crippen molar-refractivity contribution < 1.29 is 33.9 Å². The molecule has 12 heteroatoms. The van der Waals surface area contributed by atoms with Gasteiger partial charge < -0.3 is 40.0 Å². The number of methoxy groups -OCH3 is 1. The van der Waals surface area contributed by atoms with Crippen LogP contribution in [-0.2, 0) is 19.1 Å². The lowest BCUT2D eigenvalue weighted by Gasteiger charge is -2.36. The molecule has 2 aromatic carbocycles. The number of hydrogen-bond acceptors (Lipinski definition) is 7. The molecule has 2 aliphatic rings. The van der Waals surface area contributed by atoms with E-state index in [1.807, 2.05) is 60.7 Å². The van der Waals surface area contributed by atoms with Crippen molar-refractivity contribution in [1.82, 2.24) is 20.4 Å². The maximum atomic E-state index is 14.5. The van der Waals surface area contributed by atoms with Crippen molar-refractivity contribution >= 4 is 25.0 Å². The molecule has 0 aromatic heterocycles. The van der Waals surface area contributed by atoms with Crippen LogP contribution in [0.1, 0.15) is 42.7 Å². The maximum Gasteiger partial charge on any atom is 0.475 e. The van der Waals surface area contributed by atoms with Crippen LogP contribution in [0.15, 0.2) is 60.7 Å². The van der Waals surface area contributed by atoms with Gasteiger partial charge in [0.1, 0.15) is 12.1 Å². The number of morpholine rings is 1. The highest BCUT2D eigenvalue weighted by Gasteiger charge is 2.42. The molecule has 0 bridgehead atoms. The first-order valence-corrected chi connectivity index (χ1v) is 14.6. The molecule has 226 valence electrons. The molecule has 0 radical (unpaired) electrons. The van der Waals surface area contributed by atoms with Crippen molar-refractivity contribution in [1.29, 1.82) is 0 Å². The lowest BCUT2D eigenvalue weighted by molar-refractivity contribution is -0.140. The summed E-state index contributed by atoms with van der Waals surface area (Å²) in [7, 11) is -0.199. The number of amides is 4. The normalized spacial score (nSPS) is 18.4. The SMILES string of the molecule is COCCC[C@@H](NC(=O)[C@@H]1CCCN1C(=O)[C@H](NC(=O)N1CCOCC1)C(c1ccccc1)c1ccccc1)B(O)O. The van der Waals surface area contributed by atoms with Crippen LogP contribution in [0.2, 0.25) is 0 Å². The highest BCUT2D eigenvalue weighted by molar-refractivity contribution is 6.43. The molecule has 0 spiro atoms. The van der Waals surface area contributed by atoms with Gasteiger partial charge in [-0.2, -0.15) is 0 Å². The van der Waals surface area contributed by atoms with E-state index in [9.17, 15) is 24.4 Å². The molecule has 2 heterocycles. The third-order valence-corrected chi connectivity index (χ3v) is 7.88. The lowest BCUT2D eigenvalue weighted by atomic mass is 9.76. The molecule has 0 aliphatic carbocycles. The largest absolute Gasteiger partial charge is 0.475 e. The average molecular weight is 580 g/mol. The number of nitrogens with zero attached hydrogens (tertiary/aromatic N) is 2. The Morgan fingerprint density at radius 3 is 2.17 bits per heavy atom. The van der Waals surface area contributed by atoms with Gasteiger partial charge in [0.25, 0.3) is 0 Å². The number of carbonyl (C=O) groups is 3. The minimum atomic E-state index is -1.75. The van der Waals surface area contributed by atoms with Gasteiger partial charge in [-0.25, -0.2) is 4.79 Å². The van der Waals surface area contributed by atoms with Crippen LogP contribution in [0.4, 0.5) is 4.79 Å². The molecule has 11 nitrogen and oxygen atoms in total. The summed E-state index contributed by atoms with van der Waals surface area (Å²) in [4.78, 5) is 44.6. The van der Waals surface area contributed by atoms with E-state index in [2.05, 4.69) is 10.6 Å². The lowest BCUT2D eigenvalue weighted by Crippen LogP contribution is -2.59. The molecule has 4 rings (SSSR count). The van der Waals surface area contributed by atoms with Crippen molar-refractivity contribution in [3.63, 3.8) is 0 Å². The van der Waals surface area contributed by atoms with Crippen LogP contribution in [0.5, 0.6) is 0 Å². The summed E-state index contributed by atoms with van der Waals surface area (Å²) in [6.45, 7) is 2.42. The van der Waals surface area contributed by atoms with Crippen LogP contribution in [0.25, 0.3) is 0 Å². The van der Waals surface area contributed by atoms with E-state index in [4.69, 9.17) is 9.47 Å². The molecule has 4 N–H and O–H groups in total. The quantitative estimate of drug-likeness (QED) is 0.218. The van der Waals surface area contributed by atoms with Crippen LogP contribution in [0, 0.1) is 0 Å². The molecular weight excluding hydrogens is 539 g/mol. The first-order chi connectivity index (χ1) is 20.4. The van der Waals surface area contributed by atoms with Crippen LogP contribution in [0.3, 0.4) is 0 Å². The first kappa shape index (κ1) is 31.5. The molecule has 0 unspecified atom stereocenters. The first-order valence-electron chi connectivity index (χ1n) is 14.6. The van der Waals surface area contributed by atoms with E-state index in [0.29, 0.717) is 65.1 Å². The van der Waals surface area contributed by atoms with Crippen molar-refractivity contribution in [3.8, 4) is 0 Å². The predicted octanol–water partition coefficient (Wildman–Crippen LogP) is 1.14. The number of ether oxygens (including phenoxy) is 2. The number of nitrogens with one attached hydrogen (secondary N) is 2. The topological polar surface area (TPSA) is 141 Å². The molecule has 2 aromatic rings. The van der Waals surface area contributed by atoms with Crippen molar-refractivity contribution in [2.45, 2.75) is 49.6 Å². The number of rotatable bonds is 12. The van der Waals surface area contributed by atoms with Gasteiger partial charge in [-0.3, -0.25) is 9.59 Å². The maximum absolute atomic E-state index is 14.5. The Balaban J connectivity index is 1.63. The highest BCUT2D eigenvalue weighted by Crippen LogP contribution is 2.31. The standard InChI is InChI=1S/C30H41BN4O7/c1-41-19-9-15-25(31(39)40)32-28(36)24-14-8-16-35(24)29(37)27(33-30(38)34-17-20-42-21-18-34)26(22-10-4-2-5-11-22)23-12-6-3-7-13-23/h2-7,10-13,24-27,39-40H,8-9,14-21H2,1H3,(H,32,36)(H,33,38)/t24-,25+,27+/m0/s1. The van der Waals surface area contributed by atoms with E-state index in [0.717, 1.165) is 11.1 Å². The Morgan fingerprint density at radius 1 is 0.976 bits per heavy atom. The van der Waals surface area contributed by atoms with Gasteiger partial charge in [0.05, 0.1) is 19.2 Å². The van der Waals surface area contributed by atoms with Crippen LogP contribution in [-0.4, -0.2) is 109 Å². The number of urea groups is 1. The second-order valence-corrected chi connectivity index (χ2v) is 10.7. The Labute approximate surface area is 247 Å². The zero-order valence-electron chi connectivity index (χ0n) is 24.1. The van der Waals surface area contributed by atoms with Gasteiger partial charge in [0, 0.05) is 39.3 Å². The van der Waals surface area contributed by atoms with Gasteiger partial charge >= 0.3 is 13.1 Å². The number of benzene rings is 2.